The van der Waals surface area contributed by atoms with E-state index in [1.54, 1.807) is 7.11 Å². The molecule has 0 aliphatic heterocycles. The molecule has 128 valence electrons. The van der Waals surface area contributed by atoms with E-state index < -0.39 is 11.2 Å². The van der Waals surface area contributed by atoms with Crippen molar-refractivity contribution >= 4 is 17.7 Å². The van der Waals surface area contributed by atoms with Crippen LogP contribution in [0.4, 0.5) is 0 Å². The molecule has 25 heavy (non-hydrogen) atoms. The number of amides is 1. The van der Waals surface area contributed by atoms with E-state index in [1.165, 1.54) is 11.8 Å². The Balaban J connectivity index is 1.88. The topological polar surface area (TPSA) is 83.0 Å². The van der Waals surface area contributed by atoms with E-state index in [-0.39, 0.29) is 0 Å². The molecule has 0 saturated heterocycles. The summed E-state index contributed by atoms with van der Waals surface area (Å²) in [6.45, 7) is 0. The van der Waals surface area contributed by atoms with Gasteiger partial charge in [0.15, 0.2) is 11.0 Å². The molecule has 7 heteroatoms. The summed E-state index contributed by atoms with van der Waals surface area (Å²) in [6, 6.07) is 17.0. The van der Waals surface area contributed by atoms with Crippen molar-refractivity contribution < 1.29 is 9.53 Å². The second-order valence-electron chi connectivity index (χ2n) is 5.40. The van der Waals surface area contributed by atoms with E-state index in [0.717, 1.165) is 16.9 Å². The van der Waals surface area contributed by atoms with Crippen LogP contribution in [-0.2, 0) is 11.8 Å². The molecule has 0 radical (unpaired) electrons. The molecule has 3 rings (SSSR count). The van der Waals surface area contributed by atoms with Gasteiger partial charge in [0.25, 0.3) is 0 Å². The predicted molar refractivity (Wildman–Crippen MR) is 97.2 cm³/mol. The number of benzene rings is 2. The number of carbonyl (C=O) groups excluding carboxylic acids is 1. The van der Waals surface area contributed by atoms with Crippen molar-refractivity contribution in [2.24, 2.45) is 12.8 Å². The standard InChI is InChI=1S/C18H18N4O2S/c1-22-17(13-8-10-14(24-2)11-9-13)20-21-18(22)25-15(16(19)23)12-6-4-3-5-7-12/h3-11,15H,1-2H3,(H2,19,23). The number of nitrogens with two attached hydrogens (primary N) is 1. The third-order valence-electron chi connectivity index (χ3n) is 3.77. The molecule has 0 aliphatic rings. The molecule has 0 fully saturated rings. The van der Waals surface area contributed by atoms with Gasteiger partial charge in [-0.15, -0.1) is 10.2 Å². The highest BCUT2D eigenvalue weighted by atomic mass is 32.2. The van der Waals surface area contributed by atoms with Crippen LogP contribution in [0.1, 0.15) is 10.8 Å². The number of hydrogen-bond donors (Lipinski definition) is 1. The van der Waals surface area contributed by atoms with Crippen molar-refractivity contribution in [2.45, 2.75) is 10.4 Å². The van der Waals surface area contributed by atoms with E-state index >= 15 is 0 Å². The van der Waals surface area contributed by atoms with Crippen molar-refractivity contribution in [3.8, 4) is 17.1 Å². The third kappa shape index (κ3) is 3.66. The maximum absolute atomic E-state index is 11.9. The molecule has 1 atom stereocenters. The molecule has 1 amide bonds. The lowest BCUT2D eigenvalue weighted by Crippen LogP contribution is -2.19. The number of primary amides is 1. The third-order valence-corrected chi connectivity index (χ3v) is 5.07. The van der Waals surface area contributed by atoms with Gasteiger partial charge in [-0.05, 0) is 29.8 Å². The molecule has 0 spiro atoms. The van der Waals surface area contributed by atoms with Crippen LogP contribution in [0.2, 0.25) is 0 Å². The Morgan fingerprint density at radius 3 is 2.40 bits per heavy atom. The molecule has 1 unspecified atom stereocenters. The molecule has 1 heterocycles. The van der Waals surface area contributed by atoms with Crippen molar-refractivity contribution in [1.82, 2.24) is 14.8 Å². The molecule has 0 aliphatic carbocycles. The molecule has 2 aromatic carbocycles. The van der Waals surface area contributed by atoms with Gasteiger partial charge in [0.2, 0.25) is 5.91 Å². The maximum Gasteiger partial charge on any atom is 0.235 e. The normalized spacial score (nSPS) is 11.9. The number of thioether (sulfide) groups is 1. The Bertz CT molecular complexity index is 863. The molecule has 2 N–H and O–H groups in total. The Morgan fingerprint density at radius 1 is 1.12 bits per heavy atom. The Morgan fingerprint density at radius 2 is 1.80 bits per heavy atom. The number of rotatable bonds is 6. The number of methoxy groups -OCH3 is 1. The molecular weight excluding hydrogens is 336 g/mol. The zero-order chi connectivity index (χ0) is 17.8. The van der Waals surface area contributed by atoms with Gasteiger partial charge in [-0.1, -0.05) is 42.1 Å². The van der Waals surface area contributed by atoms with Gasteiger partial charge in [0.1, 0.15) is 11.0 Å². The fourth-order valence-corrected chi connectivity index (χ4v) is 3.39. The van der Waals surface area contributed by atoms with Gasteiger partial charge in [0, 0.05) is 12.6 Å². The van der Waals surface area contributed by atoms with Crippen molar-refractivity contribution in [3.05, 3.63) is 60.2 Å². The maximum atomic E-state index is 11.9. The number of carbonyl (C=O) groups is 1. The first-order chi connectivity index (χ1) is 12.1. The van der Waals surface area contributed by atoms with Crippen molar-refractivity contribution in [2.75, 3.05) is 7.11 Å². The van der Waals surface area contributed by atoms with Crippen LogP contribution in [0.3, 0.4) is 0 Å². The highest BCUT2D eigenvalue weighted by Crippen LogP contribution is 2.35. The van der Waals surface area contributed by atoms with Crippen LogP contribution in [0.25, 0.3) is 11.4 Å². The summed E-state index contributed by atoms with van der Waals surface area (Å²) >= 11 is 1.29. The highest BCUT2D eigenvalue weighted by Gasteiger charge is 2.23. The van der Waals surface area contributed by atoms with Crippen molar-refractivity contribution in [1.29, 1.82) is 0 Å². The summed E-state index contributed by atoms with van der Waals surface area (Å²) in [5, 5.41) is 8.57. The lowest BCUT2D eigenvalue weighted by atomic mass is 10.1. The van der Waals surface area contributed by atoms with E-state index in [9.17, 15) is 4.79 Å². The Labute approximate surface area is 150 Å². The van der Waals surface area contributed by atoms with Crippen LogP contribution in [0.15, 0.2) is 59.8 Å². The largest absolute Gasteiger partial charge is 0.497 e. The van der Waals surface area contributed by atoms with E-state index in [2.05, 4.69) is 10.2 Å². The lowest BCUT2D eigenvalue weighted by Gasteiger charge is -2.12. The van der Waals surface area contributed by atoms with Gasteiger partial charge in [-0.3, -0.25) is 4.79 Å². The van der Waals surface area contributed by atoms with Gasteiger partial charge in [-0.25, -0.2) is 0 Å². The molecule has 0 bridgehead atoms. The minimum absolute atomic E-state index is 0.412. The minimum Gasteiger partial charge on any atom is -0.497 e. The molecule has 6 nitrogen and oxygen atoms in total. The van der Waals surface area contributed by atoms with Gasteiger partial charge >= 0.3 is 0 Å². The lowest BCUT2D eigenvalue weighted by molar-refractivity contribution is -0.117. The zero-order valence-electron chi connectivity index (χ0n) is 13.9. The van der Waals surface area contributed by atoms with Crippen molar-refractivity contribution in [3.63, 3.8) is 0 Å². The molecule has 0 saturated carbocycles. The van der Waals surface area contributed by atoms with Crippen LogP contribution < -0.4 is 10.5 Å². The average molecular weight is 354 g/mol. The predicted octanol–water partition coefficient (Wildman–Crippen LogP) is 2.81. The molecule has 3 aromatic rings. The van der Waals surface area contributed by atoms with Crippen LogP contribution >= 0.6 is 11.8 Å². The smallest absolute Gasteiger partial charge is 0.235 e. The fraction of sp³-hybridized carbons (Fsp3) is 0.167. The SMILES string of the molecule is COc1ccc(-c2nnc(SC(C(N)=O)c3ccccc3)n2C)cc1. The quantitative estimate of drug-likeness (QED) is 0.688. The first-order valence-corrected chi connectivity index (χ1v) is 8.53. The summed E-state index contributed by atoms with van der Waals surface area (Å²) in [6.07, 6.45) is 0. The average Bonchev–Trinajstić information content (AvgIpc) is 3.00. The van der Waals surface area contributed by atoms with E-state index in [1.807, 2.05) is 66.2 Å². The second-order valence-corrected chi connectivity index (χ2v) is 6.48. The van der Waals surface area contributed by atoms with Gasteiger partial charge in [-0.2, -0.15) is 0 Å². The summed E-state index contributed by atoms with van der Waals surface area (Å²) in [5.74, 6) is 1.07. The highest BCUT2D eigenvalue weighted by molar-refractivity contribution is 8.00. The van der Waals surface area contributed by atoms with Crippen LogP contribution in [-0.4, -0.2) is 27.8 Å². The van der Waals surface area contributed by atoms with E-state index in [4.69, 9.17) is 10.5 Å². The minimum atomic E-state index is -0.521. The van der Waals surface area contributed by atoms with Crippen LogP contribution in [0, 0.1) is 0 Å². The van der Waals surface area contributed by atoms with Gasteiger partial charge in [0.05, 0.1) is 7.11 Å². The Hall–Kier alpha value is -2.80. The monoisotopic (exact) mass is 354 g/mol. The molecular formula is C18H18N4O2S. The molecule has 1 aromatic heterocycles. The fourth-order valence-electron chi connectivity index (χ4n) is 2.43. The number of ether oxygens (including phenoxy) is 1. The summed E-state index contributed by atoms with van der Waals surface area (Å²) < 4.78 is 7.02. The van der Waals surface area contributed by atoms with E-state index in [0.29, 0.717) is 11.0 Å². The van der Waals surface area contributed by atoms with Crippen LogP contribution in [0.5, 0.6) is 5.75 Å². The number of hydrogen-bond acceptors (Lipinski definition) is 5. The Kier molecular flexibility index (Phi) is 5.04. The summed E-state index contributed by atoms with van der Waals surface area (Å²) in [5.41, 5.74) is 7.34. The number of aromatic nitrogens is 3. The first-order valence-electron chi connectivity index (χ1n) is 7.65. The zero-order valence-corrected chi connectivity index (χ0v) is 14.7. The number of nitrogens with zero attached hydrogens (tertiary/aromatic N) is 3. The summed E-state index contributed by atoms with van der Waals surface area (Å²) in [4.78, 5) is 11.9. The van der Waals surface area contributed by atoms with Gasteiger partial charge < -0.3 is 15.0 Å². The summed E-state index contributed by atoms with van der Waals surface area (Å²) in [7, 11) is 3.49. The first kappa shape index (κ1) is 17.0. The second kappa shape index (κ2) is 7.40.